The smallest absolute Gasteiger partial charge is 0.306 e. The third-order valence-electron chi connectivity index (χ3n) is 12.4. The predicted octanol–water partition coefficient (Wildman–Crippen LogP) is 9.42. The lowest BCUT2D eigenvalue weighted by atomic mass is 10.2. The Bertz CT molecular complexity index is 2730. The zero-order valence-corrected chi connectivity index (χ0v) is 44.6. The summed E-state index contributed by atoms with van der Waals surface area (Å²) in [6.45, 7) is 17.9. The molecule has 0 bridgehead atoms. The van der Waals surface area contributed by atoms with Gasteiger partial charge in [-0.2, -0.15) is 0 Å². The second-order valence-electron chi connectivity index (χ2n) is 19.3. The molecule has 0 N–H and O–H groups in total. The lowest BCUT2D eigenvalue weighted by molar-refractivity contribution is -0.142. The number of alkyl halides is 1. The van der Waals surface area contributed by atoms with Crippen LogP contribution in [-0.2, 0) is 43.2 Å². The van der Waals surface area contributed by atoms with Crippen LogP contribution < -0.4 is 20.7 Å². The van der Waals surface area contributed by atoms with E-state index in [1.807, 2.05) is 24.3 Å². The maximum Gasteiger partial charge on any atom is 0.306 e. The Labute approximate surface area is 420 Å². The molecule has 2 fully saturated rings. The monoisotopic (exact) mass is 1040 g/mol. The summed E-state index contributed by atoms with van der Waals surface area (Å²) in [5, 5.41) is 4.77. The number of sulfonamides is 2. The van der Waals surface area contributed by atoms with Crippen molar-refractivity contribution in [1.29, 1.82) is 0 Å². The zero-order valence-electron chi connectivity index (χ0n) is 41.0. The molecule has 0 spiro atoms. The topological polar surface area (TPSA) is 126 Å². The van der Waals surface area contributed by atoms with Crippen molar-refractivity contribution in [3.63, 3.8) is 0 Å². The fourth-order valence-electron chi connectivity index (χ4n) is 8.94. The molecule has 2 saturated heterocycles. The lowest BCUT2D eigenvalue weighted by Gasteiger charge is -2.43. The Morgan fingerprint density at radius 2 is 0.859 bits per heavy atom. The van der Waals surface area contributed by atoms with Gasteiger partial charge in [0.25, 0.3) is 36.7 Å². The number of ether oxygens (including phenoxy) is 2. The summed E-state index contributed by atoms with van der Waals surface area (Å²) in [5.74, 6) is 0.108. The normalized spacial score (nSPS) is 17.6. The Balaban J connectivity index is 0.000000176. The van der Waals surface area contributed by atoms with E-state index in [1.165, 1.54) is 57.1 Å². The van der Waals surface area contributed by atoms with Crippen molar-refractivity contribution in [3.05, 3.63) is 194 Å². The van der Waals surface area contributed by atoms with Crippen LogP contribution in [0.4, 0.5) is 8.87 Å². The molecule has 10 nitrogen and oxygen atoms in total. The molecule has 1 unspecified atom stereocenters. The van der Waals surface area contributed by atoms with E-state index in [9.17, 15) is 30.5 Å². The number of rotatable bonds is 14. The Morgan fingerprint density at radius 1 is 0.549 bits per heavy atom. The number of halogens is 2. The highest BCUT2D eigenvalue weighted by molar-refractivity contribution is 8.03. The molecule has 3 atom stereocenters. The first-order valence-electron chi connectivity index (χ1n) is 23.4. The number of benzene rings is 6. The average molecular weight is 1040 g/mol. The van der Waals surface area contributed by atoms with Crippen molar-refractivity contribution >= 4 is 63.4 Å². The van der Waals surface area contributed by atoms with Crippen molar-refractivity contribution in [2.45, 2.75) is 99.1 Å². The number of carbonyl (C=O) groups is 1. The van der Waals surface area contributed by atoms with Crippen molar-refractivity contribution in [2.24, 2.45) is 0 Å². The molecule has 0 amide bonds. The van der Waals surface area contributed by atoms with Crippen LogP contribution in [0.5, 0.6) is 0 Å². The average Bonchev–Trinajstić information content (AvgIpc) is 3.94. The molecule has 8 rings (SSSR count). The van der Waals surface area contributed by atoms with E-state index in [2.05, 4.69) is 145 Å². The van der Waals surface area contributed by atoms with E-state index >= 15 is 0 Å². The first kappa shape index (κ1) is 54.7. The Hall–Kier alpha value is -5.60. The van der Waals surface area contributed by atoms with Crippen molar-refractivity contribution in [2.75, 3.05) is 13.2 Å². The number of hydrogen-bond acceptors (Lipinski definition) is 9. The van der Waals surface area contributed by atoms with Gasteiger partial charge in [0, 0.05) is 12.8 Å². The summed E-state index contributed by atoms with van der Waals surface area (Å²) in [4.78, 5) is 10.6. The van der Waals surface area contributed by atoms with Gasteiger partial charge in [-0.25, -0.2) is 21.2 Å². The predicted molar refractivity (Wildman–Crippen MR) is 280 cm³/mol. The highest BCUT2D eigenvalue weighted by Gasteiger charge is 2.52. The number of allylic oxidation sites excluding steroid dienone is 1. The van der Waals surface area contributed by atoms with Gasteiger partial charge in [0.2, 0.25) is 0 Å². The number of esters is 1. The zero-order chi connectivity index (χ0) is 51.5. The maximum absolute atomic E-state index is 14.0. The minimum atomic E-state index is -4.77. The first-order valence-corrected chi connectivity index (χ1v) is 30.1. The highest BCUT2D eigenvalue weighted by Crippen LogP contribution is 2.39. The number of hydrogen-bond donors (Lipinski definition) is 0. The highest BCUT2D eigenvalue weighted by atomic mass is 32.3. The van der Waals surface area contributed by atoms with E-state index < -0.39 is 56.6 Å². The maximum atomic E-state index is 14.0. The van der Waals surface area contributed by atoms with Crippen LogP contribution >= 0.6 is 0 Å². The van der Waals surface area contributed by atoms with Gasteiger partial charge >= 0.3 is 5.97 Å². The van der Waals surface area contributed by atoms with Crippen LogP contribution in [-0.4, -0.2) is 75.0 Å². The molecular formula is C55H63F2NO9S2Si2. The number of carbonyl (C=O) groups excluding carboxylic acids is 1. The summed E-state index contributed by atoms with van der Waals surface area (Å²) < 4.78 is 98.9. The molecule has 0 saturated carbocycles. The van der Waals surface area contributed by atoms with Gasteiger partial charge in [-0.1, -0.05) is 206 Å². The molecule has 376 valence electrons. The van der Waals surface area contributed by atoms with E-state index in [0.717, 1.165) is 30.7 Å². The molecule has 2 heterocycles. The third kappa shape index (κ3) is 12.5. The molecule has 0 aliphatic carbocycles. The van der Waals surface area contributed by atoms with Gasteiger partial charge in [-0.15, -0.1) is 4.48 Å². The fourth-order valence-corrected chi connectivity index (χ4v) is 21.0. The van der Waals surface area contributed by atoms with E-state index in [4.69, 9.17) is 18.3 Å². The Morgan fingerprint density at radius 3 is 1.13 bits per heavy atom. The summed E-state index contributed by atoms with van der Waals surface area (Å²) in [6, 6.07) is 54.9. The molecule has 0 radical (unpaired) electrons. The van der Waals surface area contributed by atoms with Gasteiger partial charge < -0.3 is 18.3 Å². The standard InChI is InChI=1S/C22H27FO2Si.C21H26O3Si.C12H10FNO4S2/c1-17-21(23)15-18(25-17)16-24-26(22(2,3)4,19-11-7-5-8-12-19)20-13-9-6-10-14-20;1-21(2,3)25(18-10-6-4-7-11-18,19-12-8-5-9-13-19)23-16-17-14-15-20(22)24-17;13-14(19(15,16)11-7-3-1-4-8-11)20(17,18)12-9-5-2-6-10-12/h5-14,18,21H,1,15-16H2,2-4H3;4-13,17H,14-16H2,1-3H3;1-10H/t18-,21?;17-;/m00./s1. The van der Waals surface area contributed by atoms with Gasteiger partial charge in [0.05, 0.1) is 26.9 Å². The van der Waals surface area contributed by atoms with Gasteiger partial charge in [-0.05, 0) is 61.5 Å². The van der Waals surface area contributed by atoms with Gasteiger partial charge in [0.1, 0.15) is 18.0 Å². The SMILES string of the molecule is C=C1O[C@H](CO[Si](c2ccccc2)(c2ccccc2)C(C)(C)C)CC1F.CC(C)(C)[Si](OC[C@@H]1CCC(=O)O1)(c1ccccc1)c1ccccc1.O=S(=O)(c1ccccc1)N(F)S(=O)(=O)c1ccccc1. The molecule has 6 aromatic carbocycles. The van der Waals surface area contributed by atoms with Gasteiger partial charge in [-0.3, -0.25) is 4.79 Å². The molecule has 0 aromatic heterocycles. The van der Waals surface area contributed by atoms with Crippen molar-refractivity contribution in [3.8, 4) is 0 Å². The minimum absolute atomic E-state index is 0.0572. The quantitative estimate of drug-likeness (QED) is 0.0596. The van der Waals surface area contributed by atoms with Gasteiger partial charge in [0.15, 0.2) is 6.17 Å². The first-order chi connectivity index (χ1) is 33.6. The molecular weight excluding hydrogens is 977 g/mol. The molecule has 2 aliphatic heterocycles. The van der Waals surface area contributed by atoms with Crippen LogP contribution in [0.2, 0.25) is 10.1 Å². The summed E-state index contributed by atoms with van der Waals surface area (Å²) in [7, 11) is -14.7. The van der Waals surface area contributed by atoms with Crippen molar-refractivity contribution < 1.29 is 48.8 Å². The molecule has 6 aromatic rings. The van der Waals surface area contributed by atoms with E-state index in [-0.39, 0.29) is 34.0 Å². The molecule has 16 heteroatoms. The second-order valence-corrected chi connectivity index (χ2v) is 31.6. The fraction of sp³-hybridized carbons (Fsp3) is 0.291. The molecule has 2 aliphatic rings. The number of cyclic esters (lactones) is 1. The minimum Gasteiger partial charge on any atom is -0.490 e. The van der Waals surface area contributed by atoms with E-state index in [1.54, 1.807) is 0 Å². The lowest BCUT2D eigenvalue weighted by Crippen LogP contribution is -2.67. The van der Waals surface area contributed by atoms with Crippen molar-refractivity contribution in [1.82, 2.24) is 3.93 Å². The van der Waals surface area contributed by atoms with Crippen LogP contribution in [0.1, 0.15) is 60.8 Å². The third-order valence-corrected chi connectivity index (χ3v) is 26.0. The van der Waals surface area contributed by atoms with E-state index in [0.29, 0.717) is 26.1 Å². The van der Waals surface area contributed by atoms with Crippen LogP contribution in [0.15, 0.2) is 204 Å². The molecule has 71 heavy (non-hydrogen) atoms. The van der Waals surface area contributed by atoms with Crippen LogP contribution in [0, 0.1) is 0 Å². The largest absolute Gasteiger partial charge is 0.490 e. The summed E-state index contributed by atoms with van der Waals surface area (Å²) >= 11 is 0. The number of nitrogens with zero attached hydrogens (tertiary/aromatic N) is 1. The summed E-state index contributed by atoms with van der Waals surface area (Å²) in [5.41, 5.74) is 0. The van der Waals surface area contributed by atoms with Crippen LogP contribution in [0.25, 0.3) is 0 Å². The summed E-state index contributed by atoms with van der Waals surface area (Å²) in [6.07, 6.45) is 0.0547. The Kier molecular flexibility index (Phi) is 18.0. The van der Waals surface area contributed by atoms with Crippen LogP contribution in [0.3, 0.4) is 0 Å². The second kappa shape index (κ2) is 23.3.